The molecule has 2 saturated heterocycles. The summed E-state index contributed by atoms with van der Waals surface area (Å²) in [5.41, 5.74) is -2.57. The van der Waals surface area contributed by atoms with Gasteiger partial charge in [-0.3, -0.25) is 0 Å². The molecule has 5 rings (SSSR count). The van der Waals surface area contributed by atoms with Crippen LogP contribution in [-0.2, 0) is 6.18 Å². The summed E-state index contributed by atoms with van der Waals surface area (Å²) >= 11 is 1.18. The number of aromatic carboxylic acids is 1. The van der Waals surface area contributed by atoms with E-state index < -0.39 is 28.8 Å². The molecule has 2 aliphatic rings. The van der Waals surface area contributed by atoms with Crippen LogP contribution in [0.25, 0.3) is 21.7 Å². The van der Waals surface area contributed by atoms with E-state index in [1.54, 1.807) is 5.38 Å². The molecule has 0 saturated carbocycles. The van der Waals surface area contributed by atoms with Gasteiger partial charge in [0, 0.05) is 36.8 Å². The van der Waals surface area contributed by atoms with Crippen LogP contribution in [0.1, 0.15) is 28.8 Å². The van der Waals surface area contributed by atoms with E-state index in [1.807, 2.05) is 4.90 Å². The zero-order chi connectivity index (χ0) is 20.3. The van der Waals surface area contributed by atoms with Crippen molar-refractivity contribution >= 4 is 34.4 Å². The fraction of sp³-hybridized carbons (Fsp3) is 0.389. The molecule has 2 fully saturated rings. The van der Waals surface area contributed by atoms with Crippen LogP contribution in [0.15, 0.2) is 22.1 Å². The molecule has 2 N–H and O–H groups in total. The van der Waals surface area contributed by atoms with Crippen molar-refractivity contribution < 1.29 is 27.5 Å². The lowest BCUT2D eigenvalue weighted by atomic mass is 10.0. The highest BCUT2D eigenvalue weighted by Gasteiger charge is 2.41. The lowest BCUT2D eigenvalue weighted by molar-refractivity contribution is -0.136. The highest BCUT2D eigenvalue weighted by atomic mass is 32.1. The number of hydrogen-bond donors (Lipinski definition) is 2. The molecule has 11 heteroatoms. The van der Waals surface area contributed by atoms with Crippen LogP contribution in [-0.4, -0.2) is 46.2 Å². The molecule has 0 radical (unpaired) electrons. The lowest BCUT2D eigenvalue weighted by Crippen LogP contribution is -2.51. The van der Waals surface area contributed by atoms with Gasteiger partial charge in [0.2, 0.25) is 0 Å². The number of alkyl halides is 3. The molecule has 3 aromatic rings. The summed E-state index contributed by atoms with van der Waals surface area (Å²) in [4.78, 5) is 21.7. The summed E-state index contributed by atoms with van der Waals surface area (Å²) in [6.45, 7) is 1.14. The van der Waals surface area contributed by atoms with Gasteiger partial charge in [-0.05, 0) is 18.9 Å². The molecule has 1 aromatic carbocycles. The topological polar surface area (TPSA) is 91.5 Å². The zero-order valence-corrected chi connectivity index (χ0v) is 15.7. The number of carboxylic acid groups (broad SMARTS) is 1. The summed E-state index contributed by atoms with van der Waals surface area (Å²) in [5.74, 6) is -1.68. The molecule has 0 aliphatic carbocycles. The summed E-state index contributed by atoms with van der Waals surface area (Å²) < 4.78 is 47.3. The summed E-state index contributed by atoms with van der Waals surface area (Å²) in [7, 11) is 0. The Morgan fingerprint density at radius 3 is 2.62 bits per heavy atom. The number of carboxylic acids is 1. The third-order valence-electron chi connectivity index (χ3n) is 5.32. The Kier molecular flexibility index (Phi) is 4.07. The van der Waals surface area contributed by atoms with Crippen molar-refractivity contribution in [2.45, 2.75) is 31.1 Å². The Hall–Kier alpha value is -2.66. The first-order valence-corrected chi connectivity index (χ1v) is 9.88. The van der Waals surface area contributed by atoms with Crippen LogP contribution >= 0.6 is 11.3 Å². The molecule has 4 heterocycles. The SMILES string of the molecule is O=C(O)c1cc(-c2nccs2)c2oc(N3CC4CCC(C3)N4)nc2c1C(F)(F)F. The van der Waals surface area contributed by atoms with E-state index >= 15 is 0 Å². The summed E-state index contributed by atoms with van der Waals surface area (Å²) in [6.07, 6.45) is -1.43. The number of hydrogen-bond acceptors (Lipinski definition) is 7. The van der Waals surface area contributed by atoms with Gasteiger partial charge in [-0.15, -0.1) is 11.3 Å². The second-order valence-corrected chi connectivity index (χ2v) is 8.10. The van der Waals surface area contributed by atoms with Crippen molar-refractivity contribution in [1.29, 1.82) is 0 Å². The molecule has 0 amide bonds. The van der Waals surface area contributed by atoms with Crippen LogP contribution in [0.2, 0.25) is 0 Å². The van der Waals surface area contributed by atoms with Crippen molar-refractivity contribution in [3.63, 3.8) is 0 Å². The van der Waals surface area contributed by atoms with Crippen LogP contribution < -0.4 is 10.2 Å². The Bertz CT molecular complexity index is 1080. The number of benzene rings is 1. The predicted octanol–water partition coefficient (Wildman–Crippen LogP) is 3.61. The van der Waals surface area contributed by atoms with Crippen molar-refractivity contribution in [3.8, 4) is 10.6 Å². The third kappa shape index (κ3) is 3.04. The Labute approximate surface area is 166 Å². The first-order valence-electron chi connectivity index (χ1n) is 9.00. The van der Waals surface area contributed by atoms with Gasteiger partial charge >= 0.3 is 12.1 Å². The fourth-order valence-electron chi connectivity index (χ4n) is 4.13. The summed E-state index contributed by atoms with van der Waals surface area (Å²) in [6, 6.07) is 1.52. The molecule has 2 unspecified atom stereocenters. The van der Waals surface area contributed by atoms with E-state index in [0.717, 1.165) is 18.9 Å². The highest BCUT2D eigenvalue weighted by Crippen LogP contribution is 2.43. The van der Waals surface area contributed by atoms with E-state index in [9.17, 15) is 23.1 Å². The number of carbonyl (C=O) groups is 1. The van der Waals surface area contributed by atoms with E-state index in [1.165, 1.54) is 17.5 Å². The zero-order valence-electron chi connectivity index (χ0n) is 14.9. The van der Waals surface area contributed by atoms with Gasteiger partial charge in [0.25, 0.3) is 6.01 Å². The third-order valence-corrected chi connectivity index (χ3v) is 6.13. The van der Waals surface area contributed by atoms with E-state index in [0.29, 0.717) is 18.1 Å². The molecule has 0 spiro atoms. The predicted molar refractivity (Wildman–Crippen MR) is 99.2 cm³/mol. The standard InChI is InChI=1S/C18H15F3N4O3S/c19-18(20,21)12-10(16(26)27)5-11(15-22-3-4-29-15)14-13(12)24-17(28-14)25-6-8-1-2-9(7-25)23-8/h3-5,8-9,23H,1-2,6-7H2,(H,26,27). The molecule has 29 heavy (non-hydrogen) atoms. The second-order valence-electron chi connectivity index (χ2n) is 7.20. The number of halogens is 3. The number of fused-ring (bicyclic) bond motifs is 3. The Morgan fingerprint density at radius 1 is 1.31 bits per heavy atom. The van der Waals surface area contributed by atoms with E-state index in [-0.39, 0.29) is 29.2 Å². The van der Waals surface area contributed by atoms with Gasteiger partial charge in [-0.1, -0.05) is 0 Å². The summed E-state index contributed by atoms with van der Waals surface area (Å²) in [5, 5.41) is 14.9. The van der Waals surface area contributed by atoms with Crippen molar-refractivity contribution in [2.75, 3.05) is 18.0 Å². The van der Waals surface area contributed by atoms with Crippen LogP contribution in [0, 0.1) is 0 Å². The van der Waals surface area contributed by atoms with Crippen LogP contribution in [0.4, 0.5) is 19.2 Å². The average molecular weight is 424 g/mol. The van der Waals surface area contributed by atoms with Crippen LogP contribution in [0.5, 0.6) is 0 Å². The van der Waals surface area contributed by atoms with E-state index in [4.69, 9.17) is 4.42 Å². The molecular weight excluding hydrogens is 409 g/mol. The first kappa shape index (κ1) is 18.4. The molecule has 152 valence electrons. The van der Waals surface area contributed by atoms with Gasteiger partial charge in [0.1, 0.15) is 10.5 Å². The minimum atomic E-state index is -4.90. The normalized spacial score (nSPS) is 21.8. The van der Waals surface area contributed by atoms with Gasteiger partial charge in [-0.25, -0.2) is 9.78 Å². The maximum absolute atomic E-state index is 13.8. The van der Waals surface area contributed by atoms with Crippen molar-refractivity contribution in [3.05, 3.63) is 28.8 Å². The Balaban J connectivity index is 1.75. The Morgan fingerprint density at radius 2 is 2.03 bits per heavy atom. The number of piperazine rings is 1. The number of nitrogens with one attached hydrogen (secondary N) is 1. The maximum Gasteiger partial charge on any atom is 0.419 e. The monoisotopic (exact) mass is 424 g/mol. The smallest absolute Gasteiger partial charge is 0.419 e. The lowest BCUT2D eigenvalue weighted by Gasteiger charge is -2.31. The molecule has 2 aliphatic heterocycles. The molecule has 7 nitrogen and oxygen atoms in total. The average Bonchev–Trinajstić information content (AvgIpc) is 3.39. The molecular formula is C18H15F3N4O3S. The molecule has 2 bridgehead atoms. The number of anilines is 1. The largest absolute Gasteiger partial charge is 0.478 e. The quantitative estimate of drug-likeness (QED) is 0.664. The van der Waals surface area contributed by atoms with Gasteiger partial charge in [-0.2, -0.15) is 18.2 Å². The number of thiazole rings is 1. The molecule has 2 atom stereocenters. The van der Waals surface area contributed by atoms with Gasteiger partial charge in [0.05, 0.1) is 16.7 Å². The van der Waals surface area contributed by atoms with E-state index in [2.05, 4.69) is 15.3 Å². The number of nitrogens with zero attached hydrogens (tertiary/aromatic N) is 3. The van der Waals surface area contributed by atoms with Gasteiger partial charge in [0.15, 0.2) is 5.58 Å². The number of aromatic nitrogens is 2. The highest BCUT2D eigenvalue weighted by molar-refractivity contribution is 7.13. The minimum Gasteiger partial charge on any atom is -0.478 e. The fourth-order valence-corrected chi connectivity index (χ4v) is 4.78. The van der Waals surface area contributed by atoms with Crippen molar-refractivity contribution in [2.24, 2.45) is 0 Å². The number of oxazole rings is 1. The molecule has 2 aromatic heterocycles. The van der Waals surface area contributed by atoms with Gasteiger partial charge < -0.3 is 19.7 Å². The number of rotatable bonds is 3. The minimum absolute atomic E-state index is 0.0734. The first-order chi connectivity index (χ1) is 13.8. The van der Waals surface area contributed by atoms with Crippen LogP contribution in [0.3, 0.4) is 0 Å². The second kappa shape index (κ2) is 6.42. The van der Waals surface area contributed by atoms with Crippen molar-refractivity contribution in [1.82, 2.24) is 15.3 Å². The maximum atomic E-state index is 13.8.